The maximum atomic E-state index is 11.4. The van der Waals surface area contributed by atoms with Gasteiger partial charge < -0.3 is 9.47 Å². The molecular formula is C17H15N3O3. The SMILES string of the molecule is COc1ccc(-n2nnc(C=O)c2-c2ccccc2OC)cc1. The van der Waals surface area contributed by atoms with Crippen LogP contribution in [0.4, 0.5) is 0 Å². The minimum absolute atomic E-state index is 0.255. The molecule has 0 saturated carbocycles. The second kappa shape index (κ2) is 6.31. The summed E-state index contributed by atoms with van der Waals surface area (Å²) in [6.45, 7) is 0. The molecule has 2 aromatic carbocycles. The highest BCUT2D eigenvalue weighted by Gasteiger charge is 2.19. The molecule has 0 N–H and O–H groups in total. The Labute approximate surface area is 133 Å². The first-order valence-electron chi connectivity index (χ1n) is 6.97. The van der Waals surface area contributed by atoms with E-state index in [9.17, 15) is 4.79 Å². The molecule has 116 valence electrons. The Morgan fingerprint density at radius 2 is 1.74 bits per heavy atom. The molecule has 0 unspecified atom stereocenters. The van der Waals surface area contributed by atoms with Gasteiger partial charge in [-0.05, 0) is 36.4 Å². The largest absolute Gasteiger partial charge is 0.497 e. The standard InChI is InChI=1S/C17H15N3O3/c1-22-13-9-7-12(8-10-13)20-17(15(11-21)18-19-20)14-5-3-4-6-16(14)23-2/h3-11H,1-2H3. The van der Waals surface area contributed by atoms with Crippen LogP contribution < -0.4 is 9.47 Å². The summed E-state index contributed by atoms with van der Waals surface area (Å²) < 4.78 is 12.2. The predicted octanol–water partition coefficient (Wildman–Crippen LogP) is 2.76. The average molecular weight is 309 g/mol. The highest BCUT2D eigenvalue weighted by atomic mass is 16.5. The van der Waals surface area contributed by atoms with Gasteiger partial charge in [0.05, 0.1) is 19.9 Å². The lowest BCUT2D eigenvalue weighted by Gasteiger charge is -2.11. The number of carbonyl (C=O) groups is 1. The van der Waals surface area contributed by atoms with Crippen LogP contribution in [-0.4, -0.2) is 35.5 Å². The molecule has 0 aliphatic rings. The highest BCUT2D eigenvalue weighted by Crippen LogP contribution is 2.32. The summed E-state index contributed by atoms with van der Waals surface area (Å²) >= 11 is 0. The molecule has 0 bridgehead atoms. The van der Waals surface area contributed by atoms with Crippen LogP contribution in [0.1, 0.15) is 10.5 Å². The van der Waals surface area contributed by atoms with Crippen molar-refractivity contribution < 1.29 is 14.3 Å². The molecule has 6 heteroatoms. The van der Waals surface area contributed by atoms with Crippen molar-refractivity contribution in [2.45, 2.75) is 0 Å². The maximum Gasteiger partial charge on any atom is 0.172 e. The fourth-order valence-corrected chi connectivity index (χ4v) is 2.37. The summed E-state index contributed by atoms with van der Waals surface area (Å²) in [6.07, 6.45) is 0.689. The van der Waals surface area contributed by atoms with Crippen LogP contribution in [0.25, 0.3) is 16.9 Å². The lowest BCUT2D eigenvalue weighted by atomic mass is 10.1. The average Bonchev–Trinajstić information content (AvgIpc) is 3.05. The van der Waals surface area contributed by atoms with E-state index in [1.165, 1.54) is 0 Å². The van der Waals surface area contributed by atoms with Crippen LogP contribution in [0.15, 0.2) is 48.5 Å². The molecule has 1 heterocycles. The van der Waals surface area contributed by atoms with E-state index in [0.29, 0.717) is 17.7 Å². The van der Waals surface area contributed by atoms with Gasteiger partial charge in [0.1, 0.15) is 17.2 Å². The van der Waals surface area contributed by atoms with Crippen molar-refractivity contribution >= 4 is 6.29 Å². The third-order valence-corrected chi connectivity index (χ3v) is 3.49. The Bertz CT molecular complexity index is 825. The van der Waals surface area contributed by atoms with Gasteiger partial charge in [0.15, 0.2) is 12.0 Å². The van der Waals surface area contributed by atoms with Crippen molar-refractivity contribution in [3.63, 3.8) is 0 Å². The third kappa shape index (κ3) is 2.66. The van der Waals surface area contributed by atoms with Crippen LogP contribution in [0.2, 0.25) is 0 Å². The van der Waals surface area contributed by atoms with E-state index in [1.807, 2.05) is 48.5 Å². The summed E-state index contributed by atoms with van der Waals surface area (Å²) in [5.41, 5.74) is 2.36. The Morgan fingerprint density at radius 3 is 2.39 bits per heavy atom. The molecule has 3 rings (SSSR count). The summed E-state index contributed by atoms with van der Waals surface area (Å²) in [6, 6.07) is 14.8. The summed E-state index contributed by atoms with van der Waals surface area (Å²) in [5, 5.41) is 8.07. The van der Waals surface area contributed by atoms with E-state index >= 15 is 0 Å². The molecule has 0 fully saturated rings. The van der Waals surface area contributed by atoms with Gasteiger partial charge in [0, 0.05) is 5.56 Å². The number of carbonyl (C=O) groups excluding carboxylic acids is 1. The van der Waals surface area contributed by atoms with Crippen LogP contribution in [0, 0.1) is 0 Å². The fraction of sp³-hybridized carbons (Fsp3) is 0.118. The van der Waals surface area contributed by atoms with Crippen LogP contribution >= 0.6 is 0 Å². The zero-order chi connectivity index (χ0) is 16.2. The molecule has 0 spiro atoms. The van der Waals surface area contributed by atoms with Gasteiger partial charge in [-0.15, -0.1) is 5.10 Å². The molecule has 0 aliphatic carbocycles. The zero-order valence-electron chi connectivity index (χ0n) is 12.8. The number of ether oxygens (including phenoxy) is 2. The van der Waals surface area contributed by atoms with E-state index in [0.717, 1.165) is 17.0 Å². The molecule has 23 heavy (non-hydrogen) atoms. The van der Waals surface area contributed by atoms with Gasteiger partial charge in [-0.25, -0.2) is 4.68 Å². The zero-order valence-corrected chi connectivity index (χ0v) is 12.8. The highest BCUT2D eigenvalue weighted by molar-refractivity contribution is 5.86. The van der Waals surface area contributed by atoms with Crippen molar-refractivity contribution in [1.29, 1.82) is 0 Å². The summed E-state index contributed by atoms with van der Waals surface area (Å²) in [4.78, 5) is 11.4. The number of aromatic nitrogens is 3. The van der Waals surface area contributed by atoms with Crippen LogP contribution in [0.5, 0.6) is 11.5 Å². The Balaban J connectivity index is 2.19. The molecule has 0 radical (unpaired) electrons. The number of benzene rings is 2. The molecule has 0 atom stereocenters. The normalized spacial score (nSPS) is 10.3. The van der Waals surface area contributed by atoms with Crippen molar-refractivity contribution in [1.82, 2.24) is 15.0 Å². The summed E-state index contributed by atoms with van der Waals surface area (Å²) in [5.74, 6) is 1.39. The molecule has 0 amide bonds. The lowest BCUT2D eigenvalue weighted by molar-refractivity contribution is 0.111. The monoisotopic (exact) mass is 309 g/mol. The topological polar surface area (TPSA) is 66.2 Å². The van der Waals surface area contributed by atoms with Gasteiger partial charge in [-0.1, -0.05) is 17.3 Å². The quantitative estimate of drug-likeness (QED) is 0.678. The van der Waals surface area contributed by atoms with Crippen molar-refractivity contribution in [2.24, 2.45) is 0 Å². The number of hydrogen-bond donors (Lipinski definition) is 0. The predicted molar refractivity (Wildman–Crippen MR) is 85.3 cm³/mol. The number of hydrogen-bond acceptors (Lipinski definition) is 5. The Kier molecular flexibility index (Phi) is 4.05. The number of rotatable bonds is 5. The van der Waals surface area contributed by atoms with Gasteiger partial charge in [-0.2, -0.15) is 0 Å². The molecule has 0 aliphatic heterocycles. The van der Waals surface area contributed by atoms with Crippen molar-refractivity contribution in [3.8, 4) is 28.4 Å². The second-order valence-electron chi connectivity index (χ2n) is 4.75. The summed E-state index contributed by atoms with van der Waals surface area (Å²) in [7, 11) is 3.19. The van der Waals surface area contributed by atoms with Crippen molar-refractivity contribution in [2.75, 3.05) is 14.2 Å². The van der Waals surface area contributed by atoms with E-state index < -0.39 is 0 Å². The molecule has 0 saturated heterocycles. The third-order valence-electron chi connectivity index (χ3n) is 3.49. The molecular weight excluding hydrogens is 294 g/mol. The van der Waals surface area contributed by atoms with E-state index in [2.05, 4.69) is 10.3 Å². The van der Waals surface area contributed by atoms with Gasteiger partial charge in [-0.3, -0.25) is 4.79 Å². The number of para-hydroxylation sites is 1. The molecule has 6 nitrogen and oxygen atoms in total. The Morgan fingerprint density at radius 1 is 1.00 bits per heavy atom. The smallest absolute Gasteiger partial charge is 0.172 e. The first-order valence-corrected chi connectivity index (χ1v) is 6.97. The van der Waals surface area contributed by atoms with E-state index in [-0.39, 0.29) is 5.69 Å². The number of aldehydes is 1. The first-order chi connectivity index (χ1) is 11.3. The number of methoxy groups -OCH3 is 2. The Hall–Kier alpha value is -3.15. The first kappa shape index (κ1) is 14.8. The maximum absolute atomic E-state index is 11.4. The van der Waals surface area contributed by atoms with Crippen molar-refractivity contribution in [3.05, 3.63) is 54.2 Å². The fourth-order valence-electron chi connectivity index (χ4n) is 2.37. The van der Waals surface area contributed by atoms with Crippen LogP contribution in [-0.2, 0) is 0 Å². The van der Waals surface area contributed by atoms with Crippen LogP contribution in [0.3, 0.4) is 0 Å². The van der Waals surface area contributed by atoms with Gasteiger partial charge in [0.25, 0.3) is 0 Å². The lowest BCUT2D eigenvalue weighted by Crippen LogP contribution is -2.01. The number of nitrogens with zero attached hydrogens (tertiary/aromatic N) is 3. The molecule has 1 aromatic heterocycles. The molecule has 3 aromatic rings. The van der Waals surface area contributed by atoms with E-state index in [4.69, 9.17) is 9.47 Å². The second-order valence-corrected chi connectivity index (χ2v) is 4.75. The minimum atomic E-state index is 0.255. The minimum Gasteiger partial charge on any atom is -0.497 e. The van der Waals surface area contributed by atoms with Gasteiger partial charge in [0.2, 0.25) is 0 Å². The van der Waals surface area contributed by atoms with E-state index in [1.54, 1.807) is 18.9 Å². The van der Waals surface area contributed by atoms with Gasteiger partial charge >= 0.3 is 0 Å².